The lowest BCUT2D eigenvalue weighted by molar-refractivity contribution is 0.163. The number of hydrogen-bond acceptors (Lipinski definition) is 8. The molecule has 1 saturated heterocycles. The van der Waals surface area contributed by atoms with Gasteiger partial charge in [-0.25, -0.2) is 4.98 Å². The van der Waals surface area contributed by atoms with E-state index >= 15 is 0 Å². The number of ether oxygens (including phenoxy) is 1. The molecule has 0 unspecified atom stereocenters. The Bertz CT molecular complexity index is 864. The maximum Gasteiger partial charge on any atom is 0.324 e. The van der Waals surface area contributed by atoms with Gasteiger partial charge < -0.3 is 14.2 Å². The number of nitrogens with zero attached hydrogens (tertiary/aromatic N) is 7. The quantitative estimate of drug-likeness (QED) is 0.709. The van der Waals surface area contributed by atoms with E-state index < -0.39 is 0 Å². The summed E-state index contributed by atoms with van der Waals surface area (Å²) in [5, 5.41) is 8.25. The van der Waals surface area contributed by atoms with E-state index in [1.165, 1.54) is 6.33 Å². The number of rotatable bonds is 4. The summed E-state index contributed by atoms with van der Waals surface area (Å²) < 4.78 is 13.2. The Hall–Kier alpha value is -2.71. The Balaban J connectivity index is 1.42. The molecule has 4 heterocycles. The Kier molecular flexibility index (Phi) is 3.98. The first-order valence-electron chi connectivity index (χ1n) is 8.49. The maximum absolute atomic E-state index is 6.13. The van der Waals surface area contributed by atoms with Gasteiger partial charge in [-0.1, -0.05) is 19.0 Å². The van der Waals surface area contributed by atoms with E-state index in [-0.39, 0.29) is 12.0 Å². The summed E-state index contributed by atoms with van der Waals surface area (Å²) in [7, 11) is 1.86. The number of piperidine rings is 1. The smallest absolute Gasteiger partial charge is 0.324 e. The molecule has 0 amide bonds. The van der Waals surface area contributed by atoms with Gasteiger partial charge in [-0.3, -0.25) is 4.68 Å². The van der Waals surface area contributed by atoms with Crippen LogP contribution in [0.5, 0.6) is 5.88 Å². The highest BCUT2D eigenvalue weighted by atomic mass is 16.5. The van der Waals surface area contributed by atoms with E-state index in [0.717, 1.165) is 42.8 Å². The normalized spacial score (nSPS) is 16.1. The largest absolute Gasteiger partial charge is 0.473 e. The summed E-state index contributed by atoms with van der Waals surface area (Å²) in [6.07, 6.45) is 5.05. The molecule has 25 heavy (non-hydrogen) atoms. The van der Waals surface area contributed by atoms with Gasteiger partial charge in [-0.15, -0.1) is 0 Å². The molecule has 0 N–H and O–H groups in total. The minimum Gasteiger partial charge on any atom is -0.473 e. The lowest BCUT2D eigenvalue weighted by Crippen LogP contribution is -2.38. The second kappa shape index (κ2) is 6.30. The third-order valence-electron chi connectivity index (χ3n) is 4.43. The number of fused-ring (bicyclic) bond motifs is 1. The molecule has 1 fully saturated rings. The van der Waals surface area contributed by atoms with Crippen LogP contribution in [0.25, 0.3) is 11.0 Å². The topological polar surface area (TPSA) is 95.0 Å². The molecule has 9 nitrogen and oxygen atoms in total. The summed E-state index contributed by atoms with van der Waals surface area (Å²) >= 11 is 0. The lowest BCUT2D eigenvalue weighted by atomic mass is 10.1. The van der Waals surface area contributed by atoms with Gasteiger partial charge in [0.2, 0.25) is 5.88 Å². The molecule has 0 aromatic carbocycles. The average Bonchev–Trinajstić information content (AvgIpc) is 3.24. The Morgan fingerprint density at radius 3 is 2.76 bits per heavy atom. The van der Waals surface area contributed by atoms with Crippen molar-refractivity contribution in [3.63, 3.8) is 0 Å². The molecule has 0 radical (unpaired) electrons. The van der Waals surface area contributed by atoms with Crippen LogP contribution < -0.4 is 9.64 Å². The number of aromatic nitrogens is 6. The standard InChI is InChI=1S/C16H21N7O2/c1-10(2)14-20-16(25-21-14)23-6-4-11(5-7-23)24-15-13-12(17-9-18-15)8-19-22(13)3/h8-11H,4-7H2,1-3H3. The van der Waals surface area contributed by atoms with Crippen LogP contribution in [0.15, 0.2) is 17.0 Å². The highest BCUT2D eigenvalue weighted by Crippen LogP contribution is 2.26. The average molecular weight is 343 g/mol. The Morgan fingerprint density at radius 2 is 2.04 bits per heavy atom. The van der Waals surface area contributed by atoms with Crippen molar-refractivity contribution < 1.29 is 9.26 Å². The zero-order chi connectivity index (χ0) is 17.4. The fourth-order valence-corrected chi connectivity index (χ4v) is 2.97. The number of aryl methyl sites for hydroxylation is 1. The van der Waals surface area contributed by atoms with Crippen LogP contribution in [0.3, 0.4) is 0 Å². The summed E-state index contributed by atoms with van der Waals surface area (Å²) in [5.74, 6) is 1.59. The van der Waals surface area contributed by atoms with Crippen LogP contribution in [0.1, 0.15) is 38.4 Å². The monoisotopic (exact) mass is 343 g/mol. The summed E-state index contributed by atoms with van der Waals surface area (Å²) in [6, 6.07) is 0.596. The van der Waals surface area contributed by atoms with Crippen LogP contribution in [0, 0.1) is 0 Å². The molecule has 0 spiro atoms. The van der Waals surface area contributed by atoms with E-state index in [1.807, 2.05) is 7.05 Å². The third kappa shape index (κ3) is 3.01. The SMILES string of the molecule is CC(C)c1noc(N2CCC(Oc3ncnc4cnn(C)c34)CC2)n1. The predicted octanol–water partition coefficient (Wildman–Crippen LogP) is 1.92. The molecule has 4 rings (SSSR count). The van der Waals surface area contributed by atoms with Crippen LogP contribution in [-0.2, 0) is 7.05 Å². The van der Waals surface area contributed by atoms with Crippen molar-refractivity contribution in [1.29, 1.82) is 0 Å². The first-order chi connectivity index (χ1) is 12.1. The third-order valence-corrected chi connectivity index (χ3v) is 4.43. The molecule has 132 valence electrons. The molecule has 0 atom stereocenters. The molecule has 0 saturated carbocycles. The van der Waals surface area contributed by atoms with Gasteiger partial charge in [0, 0.05) is 38.9 Å². The van der Waals surface area contributed by atoms with Crippen LogP contribution in [0.4, 0.5) is 6.01 Å². The van der Waals surface area contributed by atoms with E-state index in [0.29, 0.717) is 11.9 Å². The van der Waals surface area contributed by atoms with Crippen molar-refractivity contribution >= 4 is 17.0 Å². The van der Waals surface area contributed by atoms with Gasteiger partial charge in [-0.05, 0) is 0 Å². The van der Waals surface area contributed by atoms with Crippen LogP contribution in [-0.4, -0.2) is 49.1 Å². The highest BCUT2D eigenvalue weighted by Gasteiger charge is 2.25. The van der Waals surface area contributed by atoms with Gasteiger partial charge >= 0.3 is 6.01 Å². The van der Waals surface area contributed by atoms with Gasteiger partial charge in [0.1, 0.15) is 23.5 Å². The van der Waals surface area contributed by atoms with Gasteiger partial charge in [0.05, 0.1) is 6.20 Å². The fraction of sp³-hybridized carbons (Fsp3) is 0.562. The van der Waals surface area contributed by atoms with E-state index in [9.17, 15) is 0 Å². The van der Waals surface area contributed by atoms with E-state index in [2.05, 4.69) is 44.0 Å². The summed E-state index contributed by atoms with van der Waals surface area (Å²) in [6.45, 7) is 5.72. The lowest BCUT2D eigenvalue weighted by Gasteiger charge is -2.30. The van der Waals surface area contributed by atoms with Crippen molar-refractivity contribution in [2.75, 3.05) is 18.0 Å². The Morgan fingerprint density at radius 1 is 1.24 bits per heavy atom. The van der Waals surface area contributed by atoms with E-state index in [1.54, 1.807) is 10.9 Å². The molecule has 3 aromatic heterocycles. The first kappa shape index (κ1) is 15.8. The molecule has 3 aromatic rings. The van der Waals surface area contributed by atoms with Gasteiger partial charge in [-0.2, -0.15) is 15.1 Å². The second-order valence-corrected chi connectivity index (χ2v) is 6.57. The van der Waals surface area contributed by atoms with Gasteiger partial charge in [0.15, 0.2) is 5.82 Å². The van der Waals surface area contributed by atoms with Gasteiger partial charge in [0.25, 0.3) is 0 Å². The molecule has 0 aliphatic carbocycles. The van der Waals surface area contributed by atoms with Crippen molar-refractivity contribution in [3.8, 4) is 5.88 Å². The zero-order valence-corrected chi connectivity index (χ0v) is 14.6. The molecule has 0 bridgehead atoms. The first-order valence-corrected chi connectivity index (χ1v) is 8.49. The maximum atomic E-state index is 6.13. The molecule has 1 aliphatic rings. The van der Waals surface area contributed by atoms with Crippen molar-refractivity contribution in [2.45, 2.75) is 38.7 Å². The summed E-state index contributed by atoms with van der Waals surface area (Å²) in [4.78, 5) is 15.1. The predicted molar refractivity (Wildman–Crippen MR) is 90.6 cm³/mol. The molecular weight excluding hydrogens is 322 g/mol. The second-order valence-electron chi connectivity index (χ2n) is 6.57. The fourth-order valence-electron chi connectivity index (χ4n) is 2.97. The van der Waals surface area contributed by atoms with E-state index in [4.69, 9.17) is 9.26 Å². The molecular formula is C16H21N7O2. The highest BCUT2D eigenvalue weighted by molar-refractivity contribution is 5.78. The molecule has 1 aliphatic heterocycles. The summed E-state index contributed by atoms with van der Waals surface area (Å²) in [5.41, 5.74) is 1.61. The van der Waals surface area contributed by atoms with Crippen molar-refractivity contribution in [1.82, 2.24) is 29.9 Å². The minimum atomic E-state index is 0.0942. The number of anilines is 1. The Labute approximate surface area is 145 Å². The zero-order valence-electron chi connectivity index (χ0n) is 14.6. The van der Waals surface area contributed by atoms with Crippen molar-refractivity contribution in [3.05, 3.63) is 18.3 Å². The van der Waals surface area contributed by atoms with Crippen LogP contribution >= 0.6 is 0 Å². The van der Waals surface area contributed by atoms with Crippen LogP contribution in [0.2, 0.25) is 0 Å². The molecule has 9 heteroatoms. The minimum absolute atomic E-state index is 0.0942. The number of hydrogen-bond donors (Lipinski definition) is 0. The van der Waals surface area contributed by atoms with Crippen molar-refractivity contribution in [2.24, 2.45) is 7.05 Å².